The standard InChI is InChI=1S/C20H18N2OS2/c1-12-8-13(10-14-4-2-6-24-14)19-15(9-12)18(17-5-3-7-25-17)16(11-21)20(22)23-19/h2-7,10,12,18H,8-9,22H2,1H3. The maximum atomic E-state index is 9.66. The van der Waals surface area contributed by atoms with E-state index < -0.39 is 0 Å². The van der Waals surface area contributed by atoms with Gasteiger partial charge in [-0.3, -0.25) is 0 Å². The predicted molar refractivity (Wildman–Crippen MR) is 103 cm³/mol. The molecule has 0 radical (unpaired) electrons. The van der Waals surface area contributed by atoms with Gasteiger partial charge in [-0.1, -0.05) is 19.1 Å². The quantitative estimate of drug-likeness (QED) is 0.776. The monoisotopic (exact) mass is 366 g/mol. The van der Waals surface area contributed by atoms with E-state index in [1.165, 1.54) is 16.0 Å². The molecule has 2 aliphatic rings. The first-order valence-electron chi connectivity index (χ1n) is 8.26. The van der Waals surface area contributed by atoms with Gasteiger partial charge in [0.1, 0.15) is 17.4 Å². The van der Waals surface area contributed by atoms with E-state index in [0.29, 0.717) is 11.5 Å². The fourth-order valence-corrected chi connectivity index (χ4v) is 5.18. The van der Waals surface area contributed by atoms with Crippen molar-refractivity contribution in [1.29, 1.82) is 5.26 Å². The van der Waals surface area contributed by atoms with Crippen molar-refractivity contribution in [2.45, 2.75) is 25.7 Å². The second kappa shape index (κ2) is 6.55. The Kier molecular flexibility index (Phi) is 4.24. The fraction of sp³-hybridized carbons (Fsp3) is 0.250. The first kappa shape index (κ1) is 16.2. The molecule has 25 heavy (non-hydrogen) atoms. The van der Waals surface area contributed by atoms with Crippen molar-refractivity contribution < 1.29 is 4.74 Å². The highest BCUT2D eigenvalue weighted by Crippen LogP contribution is 2.49. The Labute approximate surface area is 155 Å². The second-order valence-electron chi connectivity index (χ2n) is 6.49. The molecular weight excluding hydrogens is 348 g/mol. The lowest BCUT2D eigenvalue weighted by Crippen LogP contribution is -2.25. The molecule has 0 amide bonds. The topological polar surface area (TPSA) is 59.0 Å². The van der Waals surface area contributed by atoms with Crippen LogP contribution < -0.4 is 5.73 Å². The van der Waals surface area contributed by atoms with Crippen molar-refractivity contribution in [3.8, 4) is 6.07 Å². The molecule has 0 saturated carbocycles. The van der Waals surface area contributed by atoms with Gasteiger partial charge in [-0.2, -0.15) is 5.26 Å². The van der Waals surface area contributed by atoms with Crippen molar-refractivity contribution in [2.75, 3.05) is 0 Å². The average molecular weight is 367 g/mol. The molecule has 0 fully saturated rings. The van der Waals surface area contributed by atoms with Crippen molar-refractivity contribution in [1.82, 2.24) is 0 Å². The SMILES string of the molecule is CC1CC(=Cc2cccs2)C2=C(C1)C(c1cccs1)C(C#N)=C(N)O2. The summed E-state index contributed by atoms with van der Waals surface area (Å²) in [4.78, 5) is 2.36. The Balaban J connectivity index is 1.87. The van der Waals surface area contributed by atoms with Crippen LogP contribution in [0, 0.1) is 17.2 Å². The summed E-state index contributed by atoms with van der Waals surface area (Å²) < 4.78 is 5.99. The molecular formula is C20H18N2OS2. The van der Waals surface area contributed by atoms with Gasteiger partial charge in [0.25, 0.3) is 0 Å². The van der Waals surface area contributed by atoms with E-state index >= 15 is 0 Å². The summed E-state index contributed by atoms with van der Waals surface area (Å²) in [5.41, 5.74) is 9.05. The van der Waals surface area contributed by atoms with Gasteiger partial charge in [0.15, 0.2) is 0 Å². The number of ether oxygens (including phenoxy) is 1. The van der Waals surface area contributed by atoms with Crippen molar-refractivity contribution >= 4 is 28.7 Å². The van der Waals surface area contributed by atoms with E-state index in [0.717, 1.165) is 23.5 Å². The lowest BCUT2D eigenvalue weighted by molar-refractivity contribution is 0.269. The van der Waals surface area contributed by atoms with E-state index in [-0.39, 0.29) is 11.8 Å². The van der Waals surface area contributed by atoms with Gasteiger partial charge in [0.05, 0.1) is 5.92 Å². The summed E-state index contributed by atoms with van der Waals surface area (Å²) in [6.07, 6.45) is 4.09. The molecule has 3 heterocycles. The Morgan fingerprint density at radius 2 is 2.04 bits per heavy atom. The van der Waals surface area contributed by atoms with Crippen molar-refractivity contribution in [2.24, 2.45) is 11.7 Å². The zero-order chi connectivity index (χ0) is 17.4. The summed E-state index contributed by atoms with van der Waals surface area (Å²) >= 11 is 3.38. The lowest BCUT2D eigenvalue weighted by Gasteiger charge is -2.35. The average Bonchev–Trinajstić information content (AvgIpc) is 3.28. The zero-order valence-corrected chi connectivity index (χ0v) is 15.5. The van der Waals surface area contributed by atoms with E-state index in [9.17, 15) is 5.26 Å². The van der Waals surface area contributed by atoms with Gasteiger partial charge in [0.2, 0.25) is 5.88 Å². The number of rotatable bonds is 2. The van der Waals surface area contributed by atoms with Crippen LogP contribution in [-0.4, -0.2) is 0 Å². The molecule has 5 heteroatoms. The largest absolute Gasteiger partial charge is 0.440 e. The summed E-state index contributed by atoms with van der Waals surface area (Å²) in [5, 5.41) is 13.8. The van der Waals surface area contributed by atoms with Crippen LogP contribution in [0.3, 0.4) is 0 Å². The molecule has 2 aromatic heterocycles. The molecule has 0 bridgehead atoms. The van der Waals surface area contributed by atoms with Gasteiger partial charge >= 0.3 is 0 Å². The molecule has 2 N–H and O–H groups in total. The van der Waals surface area contributed by atoms with Gasteiger partial charge in [0, 0.05) is 9.75 Å². The molecule has 2 aromatic rings. The molecule has 4 rings (SSSR count). The maximum absolute atomic E-state index is 9.66. The molecule has 2 atom stereocenters. The van der Waals surface area contributed by atoms with Crippen LogP contribution in [-0.2, 0) is 4.74 Å². The minimum atomic E-state index is -0.0803. The zero-order valence-electron chi connectivity index (χ0n) is 13.9. The van der Waals surface area contributed by atoms with Crippen LogP contribution in [0.4, 0.5) is 0 Å². The molecule has 0 saturated heterocycles. The van der Waals surface area contributed by atoms with Crippen LogP contribution in [0.25, 0.3) is 6.08 Å². The number of nitrogens with two attached hydrogens (primary N) is 1. The highest BCUT2D eigenvalue weighted by atomic mass is 32.1. The normalized spacial score (nSPS) is 24.9. The minimum Gasteiger partial charge on any atom is -0.440 e. The maximum Gasteiger partial charge on any atom is 0.205 e. The number of allylic oxidation sites excluding steroid dienone is 3. The molecule has 1 aliphatic heterocycles. The first-order chi connectivity index (χ1) is 12.2. The molecule has 126 valence electrons. The van der Waals surface area contributed by atoms with Crippen molar-refractivity contribution in [3.05, 3.63) is 73.1 Å². The summed E-state index contributed by atoms with van der Waals surface area (Å²) in [6, 6.07) is 10.5. The highest BCUT2D eigenvalue weighted by Gasteiger charge is 2.37. The number of nitrogens with zero attached hydrogens (tertiary/aromatic N) is 1. The molecule has 1 aliphatic carbocycles. The van der Waals surface area contributed by atoms with Gasteiger partial charge in [-0.15, -0.1) is 22.7 Å². The van der Waals surface area contributed by atoms with Crippen LogP contribution in [0.1, 0.15) is 35.4 Å². The smallest absolute Gasteiger partial charge is 0.205 e. The van der Waals surface area contributed by atoms with E-state index in [2.05, 4.69) is 42.6 Å². The Bertz CT molecular complexity index is 912. The second-order valence-corrected chi connectivity index (χ2v) is 8.45. The van der Waals surface area contributed by atoms with E-state index in [4.69, 9.17) is 10.5 Å². The highest BCUT2D eigenvalue weighted by molar-refractivity contribution is 7.10. The third-order valence-corrected chi connectivity index (χ3v) is 6.40. The Morgan fingerprint density at radius 3 is 2.72 bits per heavy atom. The molecule has 0 spiro atoms. The number of hydrogen-bond donors (Lipinski definition) is 1. The fourth-order valence-electron chi connectivity index (χ4n) is 3.63. The van der Waals surface area contributed by atoms with Crippen LogP contribution in [0.2, 0.25) is 0 Å². The van der Waals surface area contributed by atoms with E-state index in [1.54, 1.807) is 22.7 Å². The van der Waals surface area contributed by atoms with Crippen LogP contribution in [0.5, 0.6) is 0 Å². The summed E-state index contributed by atoms with van der Waals surface area (Å²) in [7, 11) is 0. The van der Waals surface area contributed by atoms with Crippen LogP contribution in [0.15, 0.2) is 63.4 Å². The molecule has 2 unspecified atom stereocenters. The Morgan fingerprint density at radius 1 is 1.24 bits per heavy atom. The summed E-state index contributed by atoms with van der Waals surface area (Å²) in [6.45, 7) is 2.26. The third kappa shape index (κ3) is 2.92. The van der Waals surface area contributed by atoms with Crippen molar-refractivity contribution in [3.63, 3.8) is 0 Å². The lowest BCUT2D eigenvalue weighted by atomic mass is 9.76. The third-order valence-electron chi connectivity index (χ3n) is 4.64. The minimum absolute atomic E-state index is 0.0803. The molecule has 0 aromatic carbocycles. The number of thiophene rings is 2. The van der Waals surface area contributed by atoms with Crippen LogP contribution >= 0.6 is 22.7 Å². The van der Waals surface area contributed by atoms with Gasteiger partial charge in [-0.25, -0.2) is 0 Å². The number of hydrogen-bond acceptors (Lipinski definition) is 5. The van der Waals surface area contributed by atoms with Gasteiger partial charge < -0.3 is 10.5 Å². The summed E-state index contributed by atoms with van der Waals surface area (Å²) in [5.74, 6) is 1.55. The first-order valence-corrected chi connectivity index (χ1v) is 10.0. The van der Waals surface area contributed by atoms with Gasteiger partial charge in [-0.05, 0) is 58.9 Å². The molecule has 3 nitrogen and oxygen atoms in total. The van der Waals surface area contributed by atoms with E-state index in [1.807, 2.05) is 11.4 Å². The Hall–Kier alpha value is -2.29. The predicted octanol–water partition coefficient (Wildman–Crippen LogP) is 5.38. The number of nitriles is 1.